The molecule has 1 aromatic rings. The number of rotatable bonds is 7. The molecular formula is C15H24N2O2. The molecule has 0 aliphatic carbocycles. The summed E-state index contributed by atoms with van der Waals surface area (Å²) >= 11 is 0. The maximum atomic E-state index is 10.8. The molecule has 0 saturated heterocycles. The van der Waals surface area contributed by atoms with Gasteiger partial charge in [0.2, 0.25) is 0 Å². The Balaban J connectivity index is 2.83. The smallest absolute Gasteiger partial charge is 0.305 e. The summed E-state index contributed by atoms with van der Waals surface area (Å²) in [4.78, 5) is 15.0. The number of benzene rings is 1. The Morgan fingerprint density at radius 1 is 1.16 bits per heavy atom. The molecule has 4 nitrogen and oxygen atoms in total. The average molecular weight is 264 g/mol. The fourth-order valence-electron chi connectivity index (χ4n) is 2.06. The highest BCUT2D eigenvalue weighted by Crippen LogP contribution is 2.21. The number of aliphatic carboxylic acids is 1. The Bertz CT molecular complexity index is 430. The second kappa shape index (κ2) is 7.14. The molecule has 0 aromatic heterocycles. The van der Waals surface area contributed by atoms with Crippen LogP contribution in [0.2, 0.25) is 0 Å². The number of carboxylic acid groups (broad SMARTS) is 1. The molecule has 0 spiro atoms. The molecule has 0 bridgehead atoms. The molecular weight excluding hydrogens is 240 g/mol. The van der Waals surface area contributed by atoms with Crippen LogP contribution in [-0.4, -0.2) is 49.7 Å². The van der Waals surface area contributed by atoms with E-state index in [4.69, 9.17) is 5.11 Å². The van der Waals surface area contributed by atoms with Crippen molar-refractivity contribution in [1.82, 2.24) is 4.90 Å². The van der Waals surface area contributed by atoms with E-state index in [-0.39, 0.29) is 6.42 Å². The molecule has 4 heteroatoms. The molecule has 0 radical (unpaired) electrons. The second-order valence-electron chi connectivity index (χ2n) is 5.22. The predicted molar refractivity (Wildman–Crippen MR) is 78.9 cm³/mol. The Morgan fingerprint density at radius 3 is 2.37 bits per heavy atom. The third-order valence-electron chi connectivity index (χ3n) is 3.11. The normalized spacial score (nSPS) is 10.8. The lowest BCUT2D eigenvalue weighted by Gasteiger charge is -2.27. The standard InChI is InChI=1S/C15H24N2O2/c1-12-5-6-14(13(2)11-12)17(8-7-15(18)19)10-9-16(3)4/h5-6,11H,7-10H2,1-4H3,(H,18,19). The van der Waals surface area contributed by atoms with Gasteiger partial charge >= 0.3 is 5.97 Å². The largest absolute Gasteiger partial charge is 0.481 e. The maximum Gasteiger partial charge on any atom is 0.305 e. The van der Waals surface area contributed by atoms with Crippen molar-refractivity contribution < 1.29 is 9.90 Å². The first kappa shape index (κ1) is 15.5. The number of hydrogen-bond acceptors (Lipinski definition) is 3. The van der Waals surface area contributed by atoms with Gasteiger partial charge in [0.25, 0.3) is 0 Å². The van der Waals surface area contributed by atoms with E-state index in [0.717, 1.165) is 18.8 Å². The third-order valence-corrected chi connectivity index (χ3v) is 3.11. The number of likely N-dealkylation sites (N-methyl/N-ethyl adjacent to an activating group) is 1. The minimum atomic E-state index is -0.750. The number of aryl methyl sites for hydroxylation is 2. The lowest BCUT2D eigenvalue weighted by Crippen LogP contribution is -2.33. The molecule has 106 valence electrons. The summed E-state index contributed by atoms with van der Waals surface area (Å²) < 4.78 is 0. The molecule has 0 unspecified atom stereocenters. The van der Waals surface area contributed by atoms with Gasteiger partial charge in [0.1, 0.15) is 0 Å². The van der Waals surface area contributed by atoms with Gasteiger partial charge in [0, 0.05) is 25.3 Å². The van der Waals surface area contributed by atoms with Gasteiger partial charge in [-0.15, -0.1) is 0 Å². The van der Waals surface area contributed by atoms with E-state index in [0.29, 0.717) is 6.54 Å². The number of anilines is 1. The third kappa shape index (κ3) is 5.30. The van der Waals surface area contributed by atoms with E-state index in [1.165, 1.54) is 11.1 Å². The van der Waals surface area contributed by atoms with Crippen LogP contribution in [0, 0.1) is 13.8 Å². The number of carboxylic acids is 1. The van der Waals surface area contributed by atoms with Gasteiger partial charge in [-0.1, -0.05) is 17.7 Å². The van der Waals surface area contributed by atoms with Gasteiger partial charge in [-0.25, -0.2) is 0 Å². The first-order chi connectivity index (χ1) is 8.90. The zero-order valence-corrected chi connectivity index (χ0v) is 12.3. The van der Waals surface area contributed by atoms with Crippen molar-refractivity contribution in [3.63, 3.8) is 0 Å². The molecule has 1 N–H and O–H groups in total. The van der Waals surface area contributed by atoms with Crippen LogP contribution in [0.5, 0.6) is 0 Å². The lowest BCUT2D eigenvalue weighted by molar-refractivity contribution is -0.136. The summed E-state index contributed by atoms with van der Waals surface area (Å²) in [5, 5.41) is 8.86. The highest BCUT2D eigenvalue weighted by Gasteiger charge is 2.11. The van der Waals surface area contributed by atoms with Gasteiger partial charge in [-0.05, 0) is 39.6 Å². The van der Waals surface area contributed by atoms with Crippen LogP contribution in [0.25, 0.3) is 0 Å². The highest BCUT2D eigenvalue weighted by molar-refractivity contribution is 5.68. The van der Waals surface area contributed by atoms with Crippen molar-refractivity contribution in [1.29, 1.82) is 0 Å². The van der Waals surface area contributed by atoms with Gasteiger partial charge in [0.15, 0.2) is 0 Å². The van der Waals surface area contributed by atoms with E-state index in [1.54, 1.807) is 0 Å². The highest BCUT2D eigenvalue weighted by atomic mass is 16.4. The van der Waals surface area contributed by atoms with Crippen molar-refractivity contribution in [2.24, 2.45) is 0 Å². The van der Waals surface area contributed by atoms with Crippen molar-refractivity contribution in [2.75, 3.05) is 38.6 Å². The first-order valence-corrected chi connectivity index (χ1v) is 6.59. The number of hydrogen-bond donors (Lipinski definition) is 1. The Hall–Kier alpha value is -1.55. The van der Waals surface area contributed by atoms with Crippen molar-refractivity contribution in [3.05, 3.63) is 29.3 Å². The predicted octanol–water partition coefficient (Wildman–Crippen LogP) is 2.15. The summed E-state index contributed by atoms with van der Waals surface area (Å²) in [6, 6.07) is 6.30. The summed E-state index contributed by atoms with van der Waals surface area (Å²) in [6.07, 6.45) is 0.167. The number of nitrogens with zero attached hydrogens (tertiary/aromatic N) is 2. The fraction of sp³-hybridized carbons (Fsp3) is 0.533. The van der Waals surface area contributed by atoms with Crippen molar-refractivity contribution in [2.45, 2.75) is 20.3 Å². The van der Waals surface area contributed by atoms with Crippen LogP contribution >= 0.6 is 0 Å². The van der Waals surface area contributed by atoms with E-state index in [2.05, 4.69) is 41.8 Å². The van der Waals surface area contributed by atoms with Crippen LogP contribution in [0.4, 0.5) is 5.69 Å². The molecule has 0 fully saturated rings. The van der Waals surface area contributed by atoms with Gasteiger partial charge in [-0.2, -0.15) is 0 Å². The fourth-order valence-corrected chi connectivity index (χ4v) is 2.06. The van der Waals surface area contributed by atoms with E-state index in [9.17, 15) is 4.79 Å². The minimum Gasteiger partial charge on any atom is -0.481 e. The maximum absolute atomic E-state index is 10.8. The molecule has 1 rings (SSSR count). The zero-order valence-electron chi connectivity index (χ0n) is 12.3. The first-order valence-electron chi connectivity index (χ1n) is 6.59. The van der Waals surface area contributed by atoms with Crippen LogP contribution < -0.4 is 4.90 Å². The van der Waals surface area contributed by atoms with E-state index in [1.807, 2.05) is 14.1 Å². The van der Waals surface area contributed by atoms with Crippen LogP contribution in [0.3, 0.4) is 0 Å². The van der Waals surface area contributed by atoms with Crippen molar-refractivity contribution >= 4 is 11.7 Å². The van der Waals surface area contributed by atoms with E-state index >= 15 is 0 Å². The molecule has 1 aromatic carbocycles. The number of carbonyl (C=O) groups is 1. The van der Waals surface area contributed by atoms with Gasteiger partial charge in [0.05, 0.1) is 6.42 Å². The molecule has 0 aliphatic heterocycles. The SMILES string of the molecule is Cc1ccc(N(CCC(=O)O)CCN(C)C)c(C)c1. The van der Waals surface area contributed by atoms with Gasteiger partial charge in [-0.3, -0.25) is 4.79 Å². The Kier molecular flexibility index (Phi) is 5.83. The molecule has 0 saturated carbocycles. The van der Waals surface area contributed by atoms with Gasteiger partial charge < -0.3 is 14.9 Å². The Morgan fingerprint density at radius 2 is 1.84 bits per heavy atom. The monoisotopic (exact) mass is 264 g/mol. The second-order valence-corrected chi connectivity index (χ2v) is 5.22. The van der Waals surface area contributed by atoms with Crippen LogP contribution in [0.1, 0.15) is 17.5 Å². The quantitative estimate of drug-likeness (QED) is 0.819. The molecule has 19 heavy (non-hydrogen) atoms. The van der Waals surface area contributed by atoms with Crippen LogP contribution in [-0.2, 0) is 4.79 Å². The summed E-state index contributed by atoms with van der Waals surface area (Å²) in [5.74, 6) is -0.750. The lowest BCUT2D eigenvalue weighted by atomic mass is 10.1. The molecule has 0 amide bonds. The van der Waals surface area contributed by atoms with Crippen LogP contribution in [0.15, 0.2) is 18.2 Å². The molecule has 0 heterocycles. The average Bonchev–Trinajstić information content (AvgIpc) is 2.30. The van der Waals surface area contributed by atoms with Crippen molar-refractivity contribution in [3.8, 4) is 0 Å². The summed E-state index contributed by atoms with van der Waals surface area (Å²) in [5.41, 5.74) is 3.56. The van der Waals surface area contributed by atoms with E-state index < -0.39 is 5.97 Å². The Labute approximate surface area is 115 Å². The molecule has 0 atom stereocenters. The summed E-state index contributed by atoms with van der Waals surface area (Å²) in [6.45, 7) is 6.44. The zero-order chi connectivity index (χ0) is 14.4. The topological polar surface area (TPSA) is 43.8 Å². The molecule has 0 aliphatic rings. The minimum absolute atomic E-state index is 0.167. The summed E-state index contributed by atoms with van der Waals surface area (Å²) in [7, 11) is 4.05.